The van der Waals surface area contributed by atoms with Crippen LogP contribution in [-0.2, 0) is 0 Å². The Balaban J connectivity index is 2.15. The molecule has 2 unspecified atom stereocenters. The van der Waals surface area contributed by atoms with E-state index in [1.165, 1.54) is 12.8 Å². The lowest BCUT2D eigenvalue weighted by Crippen LogP contribution is -2.26. The van der Waals surface area contributed by atoms with Crippen LogP contribution >= 0.6 is 0 Å². The van der Waals surface area contributed by atoms with E-state index in [9.17, 15) is 0 Å². The zero-order chi connectivity index (χ0) is 10.4. The number of hydrogen-bond donors (Lipinski definition) is 2. The van der Waals surface area contributed by atoms with E-state index >= 15 is 0 Å². The number of nitrogens with zero attached hydrogens (tertiary/aromatic N) is 1. The summed E-state index contributed by atoms with van der Waals surface area (Å²) in [6, 6.07) is 2.85. The van der Waals surface area contributed by atoms with Crippen LogP contribution in [0.4, 0.5) is 0 Å². The van der Waals surface area contributed by atoms with Crippen molar-refractivity contribution in [3.63, 3.8) is 0 Å². The largest absolute Gasteiger partial charge is 0.317 e. The summed E-state index contributed by atoms with van der Waals surface area (Å²) in [5, 5.41) is 15.1. The van der Waals surface area contributed by atoms with Crippen molar-refractivity contribution >= 4 is 0 Å². The van der Waals surface area contributed by atoms with Crippen molar-refractivity contribution in [1.29, 1.82) is 5.26 Å². The van der Waals surface area contributed by atoms with Gasteiger partial charge in [-0.05, 0) is 38.3 Å². The summed E-state index contributed by atoms with van der Waals surface area (Å²) in [5.41, 5.74) is 0. The van der Waals surface area contributed by atoms with Crippen LogP contribution in [0.2, 0.25) is 0 Å². The Kier molecular flexibility index (Phi) is 4.92. The van der Waals surface area contributed by atoms with Gasteiger partial charge < -0.3 is 10.6 Å². The van der Waals surface area contributed by atoms with E-state index in [1.807, 2.05) is 7.05 Å². The van der Waals surface area contributed by atoms with Crippen LogP contribution in [0, 0.1) is 23.2 Å². The Hall–Kier alpha value is -0.590. The topological polar surface area (TPSA) is 47.8 Å². The zero-order valence-corrected chi connectivity index (χ0v) is 9.21. The normalized spacial score (nSPS) is 31.6. The van der Waals surface area contributed by atoms with E-state index in [4.69, 9.17) is 5.26 Å². The molecule has 3 atom stereocenters. The minimum atomic E-state index is 0.622. The molecule has 0 heterocycles. The maximum absolute atomic E-state index is 8.39. The van der Waals surface area contributed by atoms with E-state index in [2.05, 4.69) is 23.6 Å². The highest BCUT2D eigenvalue weighted by Gasteiger charge is 2.29. The molecule has 80 valence electrons. The van der Waals surface area contributed by atoms with Crippen LogP contribution < -0.4 is 10.6 Å². The summed E-state index contributed by atoms with van der Waals surface area (Å²) < 4.78 is 0. The Morgan fingerprint density at radius 3 is 2.79 bits per heavy atom. The molecule has 1 saturated carbocycles. The summed E-state index contributed by atoms with van der Waals surface area (Å²) in [6.45, 7) is 4.24. The van der Waals surface area contributed by atoms with Crippen molar-refractivity contribution < 1.29 is 0 Å². The molecule has 0 aromatic rings. The summed E-state index contributed by atoms with van der Waals surface area (Å²) in [4.78, 5) is 0. The van der Waals surface area contributed by atoms with Crippen LogP contribution in [0.5, 0.6) is 0 Å². The smallest absolute Gasteiger partial charge is 0.0635 e. The SMILES string of the molecule is CNC1CC(CNCCC#N)[C@@H](C)C1. The molecule has 0 aromatic heterocycles. The molecule has 0 radical (unpaired) electrons. The molecule has 1 fully saturated rings. The fraction of sp³-hybridized carbons (Fsp3) is 0.909. The van der Waals surface area contributed by atoms with Crippen LogP contribution in [0.15, 0.2) is 0 Å². The summed E-state index contributed by atoms with van der Waals surface area (Å²) in [6.07, 6.45) is 3.19. The van der Waals surface area contributed by atoms with Crippen molar-refractivity contribution in [3.05, 3.63) is 0 Å². The predicted molar refractivity (Wildman–Crippen MR) is 57.8 cm³/mol. The summed E-state index contributed by atoms with van der Waals surface area (Å²) in [5.74, 6) is 1.59. The van der Waals surface area contributed by atoms with E-state index < -0.39 is 0 Å². The van der Waals surface area contributed by atoms with Gasteiger partial charge in [-0.25, -0.2) is 0 Å². The van der Waals surface area contributed by atoms with Crippen LogP contribution in [-0.4, -0.2) is 26.2 Å². The number of hydrogen-bond acceptors (Lipinski definition) is 3. The van der Waals surface area contributed by atoms with Gasteiger partial charge in [-0.2, -0.15) is 5.26 Å². The molecular formula is C11H21N3. The maximum Gasteiger partial charge on any atom is 0.0635 e. The van der Waals surface area contributed by atoms with Crippen molar-refractivity contribution in [2.75, 3.05) is 20.1 Å². The van der Waals surface area contributed by atoms with Crippen molar-refractivity contribution in [2.24, 2.45) is 11.8 Å². The molecule has 0 aliphatic heterocycles. The van der Waals surface area contributed by atoms with Crippen molar-refractivity contribution in [1.82, 2.24) is 10.6 Å². The summed E-state index contributed by atoms with van der Waals surface area (Å²) >= 11 is 0. The monoisotopic (exact) mass is 195 g/mol. The van der Waals surface area contributed by atoms with Gasteiger partial charge in [0, 0.05) is 19.0 Å². The van der Waals surface area contributed by atoms with Gasteiger partial charge >= 0.3 is 0 Å². The third-order valence-electron chi connectivity index (χ3n) is 3.28. The third kappa shape index (κ3) is 3.28. The second-order valence-electron chi connectivity index (χ2n) is 4.31. The fourth-order valence-corrected chi connectivity index (χ4v) is 2.29. The van der Waals surface area contributed by atoms with Crippen molar-refractivity contribution in [2.45, 2.75) is 32.2 Å². The minimum Gasteiger partial charge on any atom is -0.317 e. The van der Waals surface area contributed by atoms with Crippen molar-refractivity contribution in [3.8, 4) is 6.07 Å². The number of nitrogens with one attached hydrogen (secondary N) is 2. The lowest BCUT2D eigenvalue weighted by atomic mass is 9.98. The molecular weight excluding hydrogens is 174 g/mol. The first-order valence-corrected chi connectivity index (χ1v) is 5.52. The second-order valence-corrected chi connectivity index (χ2v) is 4.31. The Bertz CT molecular complexity index is 197. The number of nitriles is 1. The van der Waals surface area contributed by atoms with Gasteiger partial charge in [0.05, 0.1) is 6.07 Å². The maximum atomic E-state index is 8.39. The molecule has 0 bridgehead atoms. The molecule has 0 aromatic carbocycles. The molecule has 0 spiro atoms. The van der Waals surface area contributed by atoms with Gasteiger partial charge in [-0.3, -0.25) is 0 Å². The molecule has 14 heavy (non-hydrogen) atoms. The minimum absolute atomic E-state index is 0.622. The zero-order valence-electron chi connectivity index (χ0n) is 9.21. The Labute approximate surface area is 86.9 Å². The van der Waals surface area contributed by atoms with Gasteiger partial charge in [0.15, 0.2) is 0 Å². The first-order chi connectivity index (χ1) is 6.77. The summed E-state index contributed by atoms with van der Waals surface area (Å²) in [7, 11) is 2.04. The molecule has 0 saturated heterocycles. The average Bonchev–Trinajstić information content (AvgIpc) is 2.54. The molecule has 1 aliphatic rings. The van der Waals surface area contributed by atoms with E-state index in [1.54, 1.807) is 0 Å². The van der Waals surface area contributed by atoms with Gasteiger partial charge in [0.1, 0.15) is 0 Å². The van der Waals surface area contributed by atoms with Gasteiger partial charge in [0.25, 0.3) is 0 Å². The van der Waals surface area contributed by atoms with E-state index in [-0.39, 0.29) is 0 Å². The van der Waals surface area contributed by atoms with E-state index in [0.29, 0.717) is 12.5 Å². The second kappa shape index (κ2) is 6.00. The number of rotatable bonds is 5. The molecule has 2 N–H and O–H groups in total. The molecule has 0 amide bonds. The fourth-order valence-electron chi connectivity index (χ4n) is 2.29. The van der Waals surface area contributed by atoms with Crippen LogP contribution in [0.3, 0.4) is 0 Å². The third-order valence-corrected chi connectivity index (χ3v) is 3.28. The molecule has 3 heteroatoms. The first kappa shape index (κ1) is 11.5. The van der Waals surface area contributed by atoms with E-state index in [0.717, 1.165) is 24.9 Å². The molecule has 3 nitrogen and oxygen atoms in total. The quantitative estimate of drug-likeness (QED) is 0.646. The van der Waals surface area contributed by atoms with Gasteiger partial charge in [0.2, 0.25) is 0 Å². The lowest BCUT2D eigenvalue weighted by molar-refractivity contribution is 0.394. The van der Waals surface area contributed by atoms with Gasteiger partial charge in [-0.15, -0.1) is 0 Å². The van der Waals surface area contributed by atoms with Crippen LogP contribution in [0.25, 0.3) is 0 Å². The highest BCUT2D eigenvalue weighted by Crippen LogP contribution is 2.30. The highest BCUT2D eigenvalue weighted by atomic mass is 14.9. The standard InChI is InChI=1S/C11H21N3/c1-9-6-11(13-2)7-10(9)8-14-5-3-4-12/h9-11,13-14H,3,5-8H2,1-2H3/t9-,10?,11?/m0/s1. The predicted octanol–water partition coefficient (Wildman–Crippen LogP) is 1.12. The molecule has 1 aliphatic carbocycles. The lowest BCUT2D eigenvalue weighted by Gasteiger charge is -2.14. The first-order valence-electron chi connectivity index (χ1n) is 5.52. The Morgan fingerprint density at radius 1 is 1.43 bits per heavy atom. The van der Waals surface area contributed by atoms with Crippen LogP contribution in [0.1, 0.15) is 26.2 Å². The highest BCUT2D eigenvalue weighted by molar-refractivity contribution is 4.85. The molecule has 1 rings (SSSR count). The average molecular weight is 195 g/mol. The van der Waals surface area contributed by atoms with Gasteiger partial charge in [-0.1, -0.05) is 6.92 Å². The Morgan fingerprint density at radius 2 is 2.21 bits per heavy atom.